The Hall–Kier alpha value is -2.08. The molecule has 0 radical (unpaired) electrons. The highest BCUT2D eigenvalue weighted by Crippen LogP contribution is 2.35. The van der Waals surface area contributed by atoms with E-state index in [2.05, 4.69) is 31.1 Å². The minimum absolute atomic E-state index is 0.140. The van der Waals surface area contributed by atoms with E-state index in [0.717, 1.165) is 13.0 Å². The van der Waals surface area contributed by atoms with Crippen molar-refractivity contribution in [3.05, 3.63) is 11.9 Å². The van der Waals surface area contributed by atoms with Crippen LogP contribution in [0.1, 0.15) is 60.1 Å². The third-order valence-electron chi connectivity index (χ3n) is 7.63. The van der Waals surface area contributed by atoms with Gasteiger partial charge in [0.1, 0.15) is 5.69 Å². The zero-order valence-electron chi connectivity index (χ0n) is 31.5. The van der Waals surface area contributed by atoms with Crippen LogP contribution in [0.5, 0.6) is 0 Å². The highest BCUT2D eigenvalue weighted by Gasteiger charge is 2.44. The standard InChI is InChI=1S/C35H64N4O11/c1-34(2,3)7-9-42-11-13-44-15-17-46-19-21-48-23-25-50-26-24-49-22-20-47-18-16-45-14-12-43-10-8-38-28-30(36-37-38)29-39-32(40)27-31(33(39)41)35(4,5)6/h28,31H,7-27,29H2,1-6H3. The Morgan fingerprint density at radius 1 is 0.600 bits per heavy atom. The fourth-order valence-electron chi connectivity index (χ4n) is 4.61. The van der Waals surface area contributed by atoms with E-state index in [-0.39, 0.29) is 36.1 Å². The van der Waals surface area contributed by atoms with Crippen LogP contribution in [0.25, 0.3) is 0 Å². The summed E-state index contributed by atoms with van der Waals surface area (Å²) in [5.41, 5.74) is 0.613. The number of imide groups is 1. The molecule has 0 aliphatic carbocycles. The Bertz CT molecular complexity index is 1030. The molecule has 0 N–H and O–H groups in total. The van der Waals surface area contributed by atoms with Crippen LogP contribution >= 0.6 is 0 Å². The zero-order valence-corrected chi connectivity index (χ0v) is 31.5. The predicted molar refractivity (Wildman–Crippen MR) is 185 cm³/mol. The molecule has 15 nitrogen and oxygen atoms in total. The molecule has 1 atom stereocenters. The molecule has 0 bridgehead atoms. The van der Waals surface area contributed by atoms with E-state index in [1.165, 1.54) is 4.90 Å². The lowest BCUT2D eigenvalue weighted by atomic mass is 9.80. The summed E-state index contributed by atoms with van der Waals surface area (Å²) < 4.78 is 51.3. The van der Waals surface area contributed by atoms with Gasteiger partial charge in [0.05, 0.1) is 138 Å². The highest BCUT2D eigenvalue weighted by molar-refractivity contribution is 6.03. The fourth-order valence-corrected chi connectivity index (χ4v) is 4.61. The number of ether oxygens (including phenoxy) is 9. The van der Waals surface area contributed by atoms with Gasteiger partial charge in [0.15, 0.2) is 0 Å². The number of hydrogen-bond acceptors (Lipinski definition) is 13. The molecule has 0 aromatic carbocycles. The van der Waals surface area contributed by atoms with Crippen LogP contribution in [-0.2, 0) is 65.3 Å². The van der Waals surface area contributed by atoms with E-state index in [1.54, 1.807) is 10.9 Å². The Morgan fingerprint density at radius 3 is 1.34 bits per heavy atom. The smallest absolute Gasteiger partial charge is 0.233 e. The summed E-state index contributed by atoms with van der Waals surface area (Å²) >= 11 is 0. The van der Waals surface area contributed by atoms with Gasteiger partial charge in [-0.2, -0.15) is 0 Å². The monoisotopic (exact) mass is 716 g/mol. The van der Waals surface area contributed by atoms with Gasteiger partial charge in [-0.1, -0.05) is 46.8 Å². The van der Waals surface area contributed by atoms with Gasteiger partial charge in [-0.3, -0.25) is 14.5 Å². The number of aromatic nitrogens is 3. The van der Waals surface area contributed by atoms with Crippen LogP contribution in [0, 0.1) is 16.7 Å². The average Bonchev–Trinajstić information content (AvgIpc) is 3.62. The fraction of sp³-hybridized carbons (Fsp3) is 0.886. The van der Waals surface area contributed by atoms with Crippen molar-refractivity contribution in [2.24, 2.45) is 16.7 Å². The maximum atomic E-state index is 12.7. The van der Waals surface area contributed by atoms with Crippen LogP contribution in [0.15, 0.2) is 6.20 Å². The number of rotatable bonds is 31. The van der Waals surface area contributed by atoms with E-state index in [4.69, 9.17) is 42.6 Å². The summed E-state index contributed by atoms with van der Waals surface area (Å²) in [6.45, 7) is 22.5. The average molecular weight is 717 g/mol. The van der Waals surface area contributed by atoms with Crippen LogP contribution in [-0.4, -0.2) is 151 Å². The first kappa shape index (κ1) is 44.1. The van der Waals surface area contributed by atoms with Gasteiger partial charge < -0.3 is 42.6 Å². The van der Waals surface area contributed by atoms with Gasteiger partial charge in [-0.15, -0.1) is 5.10 Å². The van der Waals surface area contributed by atoms with E-state index in [9.17, 15) is 9.59 Å². The Balaban J connectivity index is 1.26. The summed E-state index contributed by atoms with van der Waals surface area (Å²) in [5, 5.41) is 8.17. The van der Waals surface area contributed by atoms with Crippen molar-refractivity contribution in [3.8, 4) is 0 Å². The van der Waals surface area contributed by atoms with Gasteiger partial charge in [0.25, 0.3) is 0 Å². The molecule has 1 unspecified atom stereocenters. The van der Waals surface area contributed by atoms with E-state index < -0.39 is 0 Å². The van der Waals surface area contributed by atoms with Gasteiger partial charge in [0.2, 0.25) is 11.8 Å². The van der Waals surface area contributed by atoms with Gasteiger partial charge >= 0.3 is 0 Å². The quantitative estimate of drug-likeness (QED) is 0.0819. The lowest BCUT2D eigenvalue weighted by molar-refractivity contribution is -0.141. The largest absolute Gasteiger partial charge is 0.379 e. The summed E-state index contributed by atoms with van der Waals surface area (Å²) in [6, 6.07) is 0. The van der Waals surface area contributed by atoms with Crippen molar-refractivity contribution >= 4 is 11.8 Å². The first-order chi connectivity index (χ1) is 24.0. The lowest BCUT2D eigenvalue weighted by Crippen LogP contribution is -2.33. The number of nitrogens with zero attached hydrogens (tertiary/aromatic N) is 4. The zero-order chi connectivity index (χ0) is 36.5. The second-order valence-electron chi connectivity index (χ2n) is 14.2. The second-order valence-corrected chi connectivity index (χ2v) is 14.2. The summed E-state index contributed by atoms with van der Waals surface area (Å²) in [4.78, 5) is 26.3. The molecule has 0 spiro atoms. The topological polar surface area (TPSA) is 151 Å². The van der Waals surface area contributed by atoms with Crippen molar-refractivity contribution in [1.82, 2.24) is 19.9 Å². The third kappa shape index (κ3) is 21.3. The molecule has 2 amide bonds. The third-order valence-corrected chi connectivity index (χ3v) is 7.63. The summed E-state index contributed by atoms with van der Waals surface area (Å²) in [6.07, 6.45) is 3.02. The molecular weight excluding hydrogens is 652 g/mol. The predicted octanol–water partition coefficient (Wildman–Crippen LogP) is 2.78. The van der Waals surface area contributed by atoms with Crippen molar-refractivity contribution in [1.29, 1.82) is 0 Å². The number of carbonyl (C=O) groups excluding carboxylic acids is 2. The normalized spacial score (nSPS) is 15.6. The SMILES string of the molecule is CC(C)(C)CCOCCOCCOCCOCCOCCOCCOCCOCCOCCn1cc(CN2C(=O)CC(C(C)(C)C)C2=O)nn1. The van der Waals surface area contributed by atoms with Crippen molar-refractivity contribution < 1.29 is 52.2 Å². The highest BCUT2D eigenvalue weighted by atomic mass is 16.6. The van der Waals surface area contributed by atoms with Crippen LogP contribution in [0.2, 0.25) is 0 Å². The number of likely N-dealkylation sites (tertiary alicyclic amines) is 1. The molecule has 50 heavy (non-hydrogen) atoms. The molecule has 1 aliphatic heterocycles. The first-order valence-corrected chi connectivity index (χ1v) is 17.9. The number of amides is 2. The molecule has 290 valence electrons. The Kier molecular flexibility index (Phi) is 22.8. The van der Waals surface area contributed by atoms with E-state index in [0.29, 0.717) is 130 Å². The molecule has 1 saturated heterocycles. The van der Waals surface area contributed by atoms with Gasteiger partial charge in [-0.25, -0.2) is 4.68 Å². The summed E-state index contributed by atoms with van der Waals surface area (Å²) in [7, 11) is 0. The molecule has 0 saturated carbocycles. The van der Waals surface area contributed by atoms with Crippen LogP contribution < -0.4 is 0 Å². The molecule has 2 rings (SSSR count). The minimum Gasteiger partial charge on any atom is -0.379 e. The van der Waals surface area contributed by atoms with Gasteiger partial charge in [0, 0.05) is 13.0 Å². The van der Waals surface area contributed by atoms with E-state index >= 15 is 0 Å². The second kappa shape index (κ2) is 25.8. The summed E-state index contributed by atoms with van der Waals surface area (Å²) in [5.74, 6) is -0.603. The number of hydrogen-bond donors (Lipinski definition) is 0. The molecule has 2 heterocycles. The molecular formula is C35H64N4O11. The van der Waals surface area contributed by atoms with Crippen molar-refractivity contribution in [2.45, 2.75) is 67.5 Å². The molecule has 1 fully saturated rings. The number of carbonyl (C=O) groups is 2. The Morgan fingerprint density at radius 2 is 0.980 bits per heavy atom. The molecule has 1 aromatic rings. The maximum absolute atomic E-state index is 12.7. The molecule has 1 aliphatic rings. The molecule has 1 aromatic heterocycles. The van der Waals surface area contributed by atoms with E-state index in [1.807, 2.05) is 20.8 Å². The van der Waals surface area contributed by atoms with Crippen molar-refractivity contribution in [2.75, 3.05) is 119 Å². The molecule has 15 heteroatoms. The van der Waals surface area contributed by atoms with Gasteiger partial charge in [-0.05, 0) is 17.3 Å². The first-order valence-electron chi connectivity index (χ1n) is 17.9. The lowest BCUT2D eigenvalue weighted by Gasteiger charge is -2.24. The minimum atomic E-state index is -0.302. The van der Waals surface area contributed by atoms with Crippen LogP contribution in [0.4, 0.5) is 0 Å². The maximum Gasteiger partial charge on any atom is 0.233 e. The Labute approximate surface area is 298 Å². The van der Waals surface area contributed by atoms with Crippen molar-refractivity contribution in [3.63, 3.8) is 0 Å². The van der Waals surface area contributed by atoms with Crippen LogP contribution in [0.3, 0.4) is 0 Å².